The second kappa shape index (κ2) is 5.55. The van der Waals surface area contributed by atoms with Crippen molar-refractivity contribution in [2.75, 3.05) is 14.2 Å². The first-order valence-corrected chi connectivity index (χ1v) is 6.52. The standard InChI is InChI=1S/C17H20O3/c1-12-8-5-6-9-13(12)17(2,18)16-14(19-3)10-7-11-15(16)20-4/h5-11,18H,1-4H3. The molecule has 2 rings (SSSR count). The van der Waals surface area contributed by atoms with Crippen LogP contribution in [0.15, 0.2) is 42.5 Å². The van der Waals surface area contributed by atoms with Gasteiger partial charge in [-0.25, -0.2) is 0 Å². The summed E-state index contributed by atoms with van der Waals surface area (Å²) in [5, 5.41) is 11.1. The number of benzene rings is 2. The molecule has 3 heteroatoms. The van der Waals surface area contributed by atoms with Crippen molar-refractivity contribution in [2.45, 2.75) is 19.4 Å². The lowest BCUT2D eigenvalue weighted by molar-refractivity contribution is 0.0949. The number of hydrogen-bond donors (Lipinski definition) is 1. The van der Waals surface area contributed by atoms with Crippen LogP contribution in [0.25, 0.3) is 0 Å². The molecule has 0 aliphatic carbocycles. The molecule has 1 atom stereocenters. The zero-order valence-corrected chi connectivity index (χ0v) is 12.3. The lowest BCUT2D eigenvalue weighted by Gasteiger charge is -2.29. The van der Waals surface area contributed by atoms with Crippen molar-refractivity contribution in [3.05, 3.63) is 59.2 Å². The number of methoxy groups -OCH3 is 2. The number of ether oxygens (including phenoxy) is 2. The second-order valence-electron chi connectivity index (χ2n) is 4.92. The van der Waals surface area contributed by atoms with E-state index in [0.717, 1.165) is 11.1 Å². The molecule has 1 N–H and O–H groups in total. The van der Waals surface area contributed by atoms with Crippen molar-refractivity contribution in [1.29, 1.82) is 0 Å². The summed E-state index contributed by atoms with van der Waals surface area (Å²) in [6.45, 7) is 3.74. The lowest BCUT2D eigenvalue weighted by Crippen LogP contribution is -2.25. The molecule has 0 aromatic heterocycles. The minimum absolute atomic E-state index is 0.609. The third-order valence-electron chi connectivity index (χ3n) is 3.58. The van der Waals surface area contributed by atoms with Crippen molar-refractivity contribution >= 4 is 0 Å². The van der Waals surface area contributed by atoms with Gasteiger partial charge in [-0.1, -0.05) is 30.3 Å². The first kappa shape index (κ1) is 14.4. The molecule has 0 spiro atoms. The van der Waals surface area contributed by atoms with Gasteiger partial charge >= 0.3 is 0 Å². The molecule has 2 aromatic rings. The lowest BCUT2D eigenvalue weighted by atomic mass is 9.84. The Morgan fingerprint density at radius 2 is 1.45 bits per heavy atom. The number of aryl methyl sites for hydroxylation is 1. The van der Waals surface area contributed by atoms with Crippen molar-refractivity contribution in [1.82, 2.24) is 0 Å². The van der Waals surface area contributed by atoms with Gasteiger partial charge in [0, 0.05) is 0 Å². The summed E-state index contributed by atoms with van der Waals surface area (Å²) in [6.07, 6.45) is 0. The van der Waals surface area contributed by atoms with E-state index in [1.54, 1.807) is 21.1 Å². The minimum atomic E-state index is -1.19. The molecule has 0 aliphatic rings. The summed E-state index contributed by atoms with van der Waals surface area (Å²) in [4.78, 5) is 0. The number of aliphatic hydroxyl groups is 1. The Morgan fingerprint density at radius 3 is 1.95 bits per heavy atom. The topological polar surface area (TPSA) is 38.7 Å². The number of hydrogen-bond acceptors (Lipinski definition) is 3. The van der Waals surface area contributed by atoms with Crippen LogP contribution in [-0.2, 0) is 5.60 Å². The second-order valence-corrected chi connectivity index (χ2v) is 4.92. The van der Waals surface area contributed by atoms with E-state index in [1.165, 1.54) is 0 Å². The predicted octanol–water partition coefficient (Wildman–Crippen LogP) is 3.27. The maximum absolute atomic E-state index is 11.1. The van der Waals surface area contributed by atoms with Gasteiger partial charge in [-0.3, -0.25) is 0 Å². The van der Waals surface area contributed by atoms with Gasteiger partial charge in [-0.2, -0.15) is 0 Å². The van der Waals surface area contributed by atoms with E-state index in [1.807, 2.05) is 49.4 Å². The summed E-state index contributed by atoms with van der Waals surface area (Å²) in [5.74, 6) is 1.22. The fraction of sp³-hybridized carbons (Fsp3) is 0.294. The Labute approximate surface area is 119 Å². The highest BCUT2D eigenvalue weighted by molar-refractivity contribution is 5.53. The molecule has 3 nitrogen and oxygen atoms in total. The van der Waals surface area contributed by atoms with Crippen LogP contribution in [0.4, 0.5) is 0 Å². The van der Waals surface area contributed by atoms with E-state index in [4.69, 9.17) is 9.47 Å². The average Bonchev–Trinajstić information content (AvgIpc) is 2.46. The normalized spacial score (nSPS) is 13.7. The van der Waals surface area contributed by atoms with Crippen LogP contribution < -0.4 is 9.47 Å². The number of rotatable bonds is 4. The van der Waals surface area contributed by atoms with Gasteiger partial charge in [0.25, 0.3) is 0 Å². The zero-order chi connectivity index (χ0) is 14.8. The molecular formula is C17H20O3. The third kappa shape index (κ3) is 2.37. The maximum atomic E-state index is 11.1. The summed E-state index contributed by atoms with van der Waals surface area (Å²) in [6, 6.07) is 13.3. The van der Waals surface area contributed by atoms with E-state index in [9.17, 15) is 5.11 Å². The predicted molar refractivity (Wildman–Crippen MR) is 79.4 cm³/mol. The van der Waals surface area contributed by atoms with E-state index in [2.05, 4.69) is 0 Å². The van der Waals surface area contributed by atoms with Crippen molar-refractivity contribution in [3.8, 4) is 11.5 Å². The molecule has 0 heterocycles. The zero-order valence-electron chi connectivity index (χ0n) is 12.3. The third-order valence-corrected chi connectivity index (χ3v) is 3.58. The molecule has 0 saturated carbocycles. The largest absolute Gasteiger partial charge is 0.496 e. The van der Waals surface area contributed by atoms with Gasteiger partial charge < -0.3 is 14.6 Å². The smallest absolute Gasteiger partial charge is 0.129 e. The summed E-state index contributed by atoms with van der Waals surface area (Å²) < 4.78 is 10.8. The van der Waals surface area contributed by atoms with E-state index >= 15 is 0 Å². The Bertz CT molecular complexity index is 581. The fourth-order valence-corrected chi connectivity index (χ4v) is 2.58. The first-order valence-electron chi connectivity index (χ1n) is 6.52. The molecule has 20 heavy (non-hydrogen) atoms. The van der Waals surface area contributed by atoms with Crippen LogP contribution in [0.1, 0.15) is 23.6 Å². The van der Waals surface area contributed by atoms with Crippen molar-refractivity contribution in [3.63, 3.8) is 0 Å². The molecule has 0 bridgehead atoms. The molecule has 0 fully saturated rings. The van der Waals surface area contributed by atoms with Crippen LogP contribution in [0.5, 0.6) is 11.5 Å². The fourth-order valence-electron chi connectivity index (χ4n) is 2.58. The van der Waals surface area contributed by atoms with Gasteiger partial charge in [-0.05, 0) is 37.1 Å². The Hall–Kier alpha value is -2.00. The van der Waals surface area contributed by atoms with Crippen LogP contribution in [-0.4, -0.2) is 19.3 Å². The van der Waals surface area contributed by atoms with Gasteiger partial charge in [0.05, 0.1) is 19.8 Å². The van der Waals surface area contributed by atoms with E-state index < -0.39 is 5.60 Å². The molecule has 0 radical (unpaired) electrons. The van der Waals surface area contributed by atoms with Crippen LogP contribution >= 0.6 is 0 Å². The molecule has 1 unspecified atom stereocenters. The monoisotopic (exact) mass is 272 g/mol. The molecule has 0 amide bonds. The first-order chi connectivity index (χ1) is 9.52. The van der Waals surface area contributed by atoms with Crippen LogP contribution in [0.2, 0.25) is 0 Å². The van der Waals surface area contributed by atoms with Gasteiger partial charge in [0.2, 0.25) is 0 Å². The minimum Gasteiger partial charge on any atom is -0.496 e. The van der Waals surface area contributed by atoms with E-state index in [-0.39, 0.29) is 0 Å². The maximum Gasteiger partial charge on any atom is 0.129 e. The highest BCUT2D eigenvalue weighted by Crippen LogP contribution is 2.42. The molecule has 0 aliphatic heterocycles. The summed E-state index contributed by atoms with van der Waals surface area (Å²) >= 11 is 0. The Morgan fingerprint density at radius 1 is 0.900 bits per heavy atom. The summed E-state index contributed by atoms with van der Waals surface area (Å²) in [7, 11) is 3.18. The molecule has 2 aromatic carbocycles. The average molecular weight is 272 g/mol. The van der Waals surface area contributed by atoms with Crippen molar-refractivity contribution in [2.24, 2.45) is 0 Å². The highest BCUT2D eigenvalue weighted by Gasteiger charge is 2.33. The van der Waals surface area contributed by atoms with Crippen LogP contribution in [0, 0.1) is 6.92 Å². The Kier molecular flexibility index (Phi) is 4.00. The molecule has 106 valence electrons. The summed E-state index contributed by atoms with van der Waals surface area (Å²) in [5.41, 5.74) is 1.30. The highest BCUT2D eigenvalue weighted by atomic mass is 16.5. The molecule has 0 saturated heterocycles. The SMILES string of the molecule is COc1cccc(OC)c1C(C)(O)c1ccccc1C. The van der Waals surface area contributed by atoms with Gasteiger partial charge in [0.15, 0.2) is 0 Å². The quantitative estimate of drug-likeness (QED) is 0.928. The van der Waals surface area contributed by atoms with Gasteiger partial charge in [0.1, 0.15) is 17.1 Å². The van der Waals surface area contributed by atoms with E-state index in [0.29, 0.717) is 17.1 Å². The molecular weight excluding hydrogens is 252 g/mol. The Balaban J connectivity index is 2.68. The van der Waals surface area contributed by atoms with Crippen molar-refractivity contribution < 1.29 is 14.6 Å². The van der Waals surface area contributed by atoms with Crippen LogP contribution in [0.3, 0.4) is 0 Å². The van der Waals surface area contributed by atoms with Gasteiger partial charge in [-0.15, -0.1) is 0 Å².